The van der Waals surface area contributed by atoms with E-state index in [1.165, 1.54) is 23.0 Å². The Hall–Kier alpha value is -3.66. The number of nitrogens with two attached hydrogens (primary N) is 1. The SMILES string of the molecule is Cc1c(C(=O)Nc2cccc(CN3CCCC3C(N)=O)c2)cnn1-c1cccc(C(F)(F)F)c1. The summed E-state index contributed by atoms with van der Waals surface area (Å²) in [5, 5.41) is 6.94. The van der Waals surface area contributed by atoms with Gasteiger partial charge < -0.3 is 11.1 Å². The lowest BCUT2D eigenvalue weighted by Gasteiger charge is -2.22. The maximum atomic E-state index is 13.1. The molecule has 0 radical (unpaired) electrons. The third-order valence-electron chi connectivity index (χ3n) is 5.94. The monoisotopic (exact) mass is 471 g/mol. The van der Waals surface area contributed by atoms with E-state index in [1.54, 1.807) is 19.1 Å². The number of alkyl halides is 3. The Morgan fingerprint density at radius 3 is 2.68 bits per heavy atom. The number of amides is 2. The van der Waals surface area contributed by atoms with Crippen LogP contribution in [0.5, 0.6) is 0 Å². The second-order valence-corrected chi connectivity index (χ2v) is 8.29. The van der Waals surface area contributed by atoms with Gasteiger partial charge in [0.1, 0.15) is 0 Å². The van der Waals surface area contributed by atoms with Gasteiger partial charge in [-0.3, -0.25) is 14.5 Å². The molecule has 3 N–H and O–H groups in total. The van der Waals surface area contributed by atoms with Crippen molar-refractivity contribution < 1.29 is 22.8 Å². The molecular weight excluding hydrogens is 447 g/mol. The number of hydrogen-bond donors (Lipinski definition) is 2. The first-order valence-electron chi connectivity index (χ1n) is 10.8. The van der Waals surface area contributed by atoms with Crippen molar-refractivity contribution in [1.29, 1.82) is 0 Å². The van der Waals surface area contributed by atoms with E-state index in [1.807, 2.05) is 17.0 Å². The predicted octanol–water partition coefficient (Wildman–Crippen LogP) is 3.90. The van der Waals surface area contributed by atoms with Gasteiger partial charge in [0, 0.05) is 12.2 Å². The molecule has 0 spiro atoms. The second kappa shape index (κ2) is 9.30. The molecule has 0 bridgehead atoms. The largest absolute Gasteiger partial charge is 0.416 e. The first-order chi connectivity index (χ1) is 16.1. The standard InChI is InChI=1S/C24H24F3N5O2/c1-15-20(13-29-32(15)19-8-3-6-17(12-19)24(25,26)27)23(34)30-18-7-2-5-16(11-18)14-31-10-4-9-21(31)22(28)33/h2-3,5-8,11-13,21H,4,9-10,14H2,1H3,(H2,28,33)(H,30,34). The van der Waals surface area contributed by atoms with Crippen LogP contribution in [-0.2, 0) is 17.5 Å². The van der Waals surface area contributed by atoms with Gasteiger partial charge in [-0.05, 0) is 62.2 Å². The van der Waals surface area contributed by atoms with Gasteiger partial charge in [-0.25, -0.2) is 4.68 Å². The van der Waals surface area contributed by atoms with Gasteiger partial charge in [0.2, 0.25) is 5.91 Å². The quantitative estimate of drug-likeness (QED) is 0.570. The zero-order valence-corrected chi connectivity index (χ0v) is 18.5. The first kappa shape index (κ1) is 23.5. The lowest BCUT2D eigenvalue weighted by Crippen LogP contribution is -2.39. The summed E-state index contributed by atoms with van der Waals surface area (Å²) in [6, 6.07) is 11.8. The van der Waals surface area contributed by atoms with E-state index in [-0.39, 0.29) is 23.2 Å². The van der Waals surface area contributed by atoms with Crippen molar-refractivity contribution in [3.8, 4) is 5.69 Å². The lowest BCUT2D eigenvalue weighted by molar-refractivity contribution is -0.137. The maximum absolute atomic E-state index is 13.1. The number of carbonyl (C=O) groups excluding carboxylic acids is 2. The van der Waals surface area contributed by atoms with Gasteiger partial charge in [0.15, 0.2) is 0 Å². The van der Waals surface area contributed by atoms with E-state index in [9.17, 15) is 22.8 Å². The third-order valence-corrected chi connectivity index (χ3v) is 5.94. The van der Waals surface area contributed by atoms with E-state index in [0.717, 1.165) is 37.1 Å². The number of likely N-dealkylation sites (tertiary alicyclic amines) is 1. The number of aromatic nitrogens is 2. The average molecular weight is 471 g/mol. The highest BCUT2D eigenvalue weighted by Gasteiger charge is 2.31. The van der Waals surface area contributed by atoms with Crippen LogP contribution in [0.15, 0.2) is 54.7 Å². The molecule has 7 nitrogen and oxygen atoms in total. The van der Waals surface area contributed by atoms with Crippen LogP contribution in [0, 0.1) is 6.92 Å². The molecule has 1 fully saturated rings. The fraction of sp³-hybridized carbons (Fsp3) is 0.292. The molecular formula is C24H24F3N5O2. The lowest BCUT2D eigenvalue weighted by atomic mass is 10.1. The average Bonchev–Trinajstić information content (AvgIpc) is 3.40. The summed E-state index contributed by atoms with van der Waals surface area (Å²) in [6.45, 7) is 2.93. The van der Waals surface area contributed by atoms with Crippen molar-refractivity contribution in [3.63, 3.8) is 0 Å². The second-order valence-electron chi connectivity index (χ2n) is 8.29. The summed E-state index contributed by atoms with van der Waals surface area (Å²) < 4.78 is 40.5. The molecule has 1 aromatic heterocycles. The number of hydrogen-bond acceptors (Lipinski definition) is 4. The Morgan fingerprint density at radius 2 is 1.94 bits per heavy atom. The molecule has 178 valence electrons. The number of benzene rings is 2. The van der Waals surface area contributed by atoms with Gasteiger partial charge in [-0.2, -0.15) is 18.3 Å². The highest BCUT2D eigenvalue weighted by Crippen LogP contribution is 2.30. The van der Waals surface area contributed by atoms with Crippen LogP contribution < -0.4 is 11.1 Å². The first-order valence-corrected chi connectivity index (χ1v) is 10.8. The molecule has 34 heavy (non-hydrogen) atoms. The van der Waals surface area contributed by atoms with Crippen LogP contribution in [0.4, 0.5) is 18.9 Å². The molecule has 0 aliphatic carbocycles. The molecule has 1 unspecified atom stereocenters. The summed E-state index contributed by atoms with van der Waals surface area (Å²) in [4.78, 5) is 26.5. The fourth-order valence-corrected chi connectivity index (χ4v) is 4.22. The summed E-state index contributed by atoms with van der Waals surface area (Å²) in [5.41, 5.74) is 7.04. The zero-order valence-electron chi connectivity index (χ0n) is 18.5. The third kappa shape index (κ3) is 4.96. The summed E-state index contributed by atoms with van der Waals surface area (Å²) >= 11 is 0. The normalized spacial score (nSPS) is 16.5. The smallest absolute Gasteiger partial charge is 0.368 e. The highest BCUT2D eigenvalue weighted by atomic mass is 19.4. The molecule has 1 aliphatic rings. The van der Waals surface area contributed by atoms with E-state index in [2.05, 4.69) is 10.4 Å². The minimum absolute atomic E-state index is 0.211. The number of anilines is 1. The number of halogens is 3. The molecule has 2 amide bonds. The van der Waals surface area contributed by atoms with Gasteiger partial charge in [0.25, 0.3) is 5.91 Å². The predicted molar refractivity (Wildman–Crippen MR) is 120 cm³/mol. The minimum atomic E-state index is -4.48. The molecule has 1 aliphatic heterocycles. The van der Waals surface area contributed by atoms with Crippen molar-refractivity contribution in [2.75, 3.05) is 11.9 Å². The minimum Gasteiger partial charge on any atom is -0.368 e. The van der Waals surface area contributed by atoms with Crippen LogP contribution in [0.2, 0.25) is 0 Å². The van der Waals surface area contributed by atoms with E-state index in [4.69, 9.17) is 5.73 Å². The van der Waals surface area contributed by atoms with Crippen LogP contribution in [0.1, 0.15) is 40.0 Å². The Balaban J connectivity index is 1.50. The molecule has 1 saturated heterocycles. The number of rotatable bonds is 6. The van der Waals surface area contributed by atoms with E-state index >= 15 is 0 Å². The van der Waals surface area contributed by atoms with Crippen molar-refractivity contribution in [2.45, 2.75) is 38.5 Å². The van der Waals surface area contributed by atoms with Crippen LogP contribution in [0.3, 0.4) is 0 Å². The van der Waals surface area contributed by atoms with Gasteiger partial charge >= 0.3 is 6.18 Å². The zero-order chi connectivity index (χ0) is 24.5. The fourth-order valence-electron chi connectivity index (χ4n) is 4.22. The van der Waals surface area contributed by atoms with Crippen molar-refractivity contribution in [3.05, 3.63) is 77.1 Å². The Kier molecular flexibility index (Phi) is 6.43. The van der Waals surface area contributed by atoms with Crippen LogP contribution in [0.25, 0.3) is 5.69 Å². The Morgan fingerprint density at radius 1 is 1.18 bits per heavy atom. The van der Waals surface area contributed by atoms with E-state index in [0.29, 0.717) is 17.9 Å². The molecule has 0 saturated carbocycles. The summed E-state index contributed by atoms with van der Waals surface area (Å²) in [6.07, 6.45) is -1.51. The summed E-state index contributed by atoms with van der Waals surface area (Å²) in [7, 11) is 0. The van der Waals surface area contributed by atoms with Crippen molar-refractivity contribution in [2.24, 2.45) is 5.73 Å². The number of nitrogens with one attached hydrogen (secondary N) is 1. The van der Waals surface area contributed by atoms with Gasteiger partial charge in [0.05, 0.1) is 34.7 Å². The number of carbonyl (C=O) groups is 2. The van der Waals surface area contributed by atoms with Gasteiger partial charge in [-0.15, -0.1) is 0 Å². The Labute approximate surface area is 194 Å². The van der Waals surface area contributed by atoms with Crippen molar-refractivity contribution >= 4 is 17.5 Å². The molecule has 2 aromatic carbocycles. The van der Waals surface area contributed by atoms with Crippen LogP contribution in [-0.4, -0.2) is 39.1 Å². The molecule has 1 atom stereocenters. The maximum Gasteiger partial charge on any atom is 0.416 e. The topological polar surface area (TPSA) is 93.2 Å². The molecule has 10 heteroatoms. The molecule has 4 rings (SSSR count). The summed E-state index contributed by atoms with van der Waals surface area (Å²) in [5.74, 6) is -0.765. The number of nitrogens with zero attached hydrogens (tertiary/aromatic N) is 3. The highest BCUT2D eigenvalue weighted by molar-refractivity contribution is 6.05. The van der Waals surface area contributed by atoms with Gasteiger partial charge in [-0.1, -0.05) is 18.2 Å². The van der Waals surface area contributed by atoms with Crippen LogP contribution >= 0.6 is 0 Å². The number of primary amides is 1. The molecule has 2 heterocycles. The van der Waals surface area contributed by atoms with E-state index < -0.39 is 17.6 Å². The van der Waals surface area contributed by atoms with Crippen molar-refractivity contribution in [1.82, 2.24) is 14.7 Å². The Bertz CT molecular complexity index is 1220. The molecule has 3 aromatic rings.